The maximum atomic E-state index is 11.5. The van der Waals surface area contributed by atoms with Gasteiger partial charge < -0.3 is 19.9 Å². The first kappa shape index (κ1) is 20.6. The molecule has 0 aliphatic carbocycles. The molecule has 148 valence electrons. The Bertz CT molecular complexity index is 787. The number of ether oxygens (including phenoxy) is 3. The number of methoxy groups -OCH3 is 2. The van der Waals surface area contributed by atoms with Gasteiger partial charge >= 0.3 is 18.3 Å². The maximum absolute atomic E-state index is 11.5. The fraction of sp³-hybridized carbons (Fsp3) is 0.211. The molecular formula is C19H21N3O6. The first-order valence-electron chi connectivity index (χ1n) is 8.18. The summed E-state index contributed by atoms with van der Waals surface area (Å²) in [6, 6.07) is 13.3. The third-order valence-electron chi connectivity index (χ3n) is 4.04. The number of rotatable bonds is 5. The van der Waals surface area contributed by atoms with Crippen LogP contribution in [-0.4, -0.2) is 32.5 Å². The molecule has 0 aliphatic heterocycles. The van der Waals surface area contributed by atoms with Crippen LogP contribution in [0.4, 0.5) is 25.8 Å². The fourth-order valence-electron chi connectivity index (χ4n) is 2.57. The number of benzene rings is 2. The van der Waals surface area contributed by atoms with Crippen molar-refractivity contribution in [1.29, 1.82) is 0 Å². The van der Waals surface area contributed by atoms with E-state index in [1.807, 2.05) is 0 Å². The predicted octanol–water partition coefficient (Wildman–Crippen LogP) is 3.40. The van der Waals surface area contributed by atoms with E-state index >= 15 is 0 Å². The molecule has 2 aromatic carbocycles. The van der Waals surface area contributed by atoms with E-state index in [-0.39, 0.29) is 0 Å². The minimum absolute atomic E-state index is 0.509. The zero-order chi connectivity index (χ0) is 20.7. The molecule has 0 spiro atoms. The number of carbonyl (C=O) groups excluding carboxylic acids is 3. The summed E-state index contributed by atoms with van der Waals surface area (Å²) in [5.74, 6) is 0. The van der Waals surface area contributed by atoms with Gasteiger partial charge in [-0.15, -0.1) is 0 Å². The highest BCUT2D eigenvalue weighted by Crippen LogP contribution is 2.34. The van der Waals surface area contributed by atoms with Crippen molar-refractivity contribution >= 4 is 29.7 Å². The van der Waals surface area contributed by atoms with Crippen LogP contribution < -0.4 is 16.4 Å². The lowest BCUT2D eigenvalue weighted by Crippen LogP contribution is -2.33. The van der Waals surface area contributed by atoms with E-state index in [0.29, 0.717) is 22.5 Å². The van der Waals surface area contributed by atoms with E-state index in [9.17, 15) is 14.4 Å². The number of nitrogens with one attached hydrogen (secondary N) is 2. The summed E-state index contributed by atoms with van der Waals surface area (Å²) in [6.45, 7) is 1.68. The Hall–Kier alpha value is -3.75. The number of nitrogens with two attached hydrogens (primary N) is 1. The van der Waals surface area contributed by atoms with Crippen molar-refractivity contribution in [3.63, 3.8) is 0 Å². The van der Waals surface area contributed by atoms with Gasteiger partial charge in [-0.25, -0.2) is 14.4 Å². The molecule has 0 unspecified atom stereocenters. The minimum Gasteiger partial charge on any atom is -0.453 e. The Labute approximate surface area is 161 Å². The van der Waals surface area contributed by atoms with Crippen molar-refractivity contribution in [2.45, 2.75) is 12.5 Å². The Morgan fingerprint density at radius 3 is 1.43 bits per heavy atom. The monoisotopic (exact) mass is 387 g/mol. The van der Waals surface area contributed by atoms with Gasteiger partial charge in [-0.1, -0.05) is 24.3 Å². The normalized spacial score (nSPS) is 10.5. The van der Waals surface area contributed by atoms with E-state index in [2.05, 4.69) is 20.1 Å². The second kappa shape index (κ2) is 8.76. The van der Waals surface area contributed by atoms with Crippen LogP contribution in [0, 0.1) is 0 Å². The first-order valence-corrected chi connectivity index (χ1v) is 8.18. The summed E-state index contributed by atoms with van der Waals surface area (Å²) < 4.78 is 14.5. The van der Waals surface area contributed by atoms with Gasteiger partial charge in [-0.2, -0.15) is 0 Å². The molecular weight excluding hydrogens is 366 g/mol. The lowest BCUT2D eigenvalue weighted by Gasteiger charge is -2.30. The van der Waals surface area contributed by atoms with Crippen molar-refractivity contribution < 1.29 is 28.6 Å². The highest BCUT2D eigenvalue weighted by molar-refractivity contribution is 5.85. The summed E-state index contributed by atoms with van der Waals surface area (Å²) in [5.41, 5.74) is 6.34. The molecule has 3 amide bonds. The van der Waals surface area contributed by atoms with Crippen LogP contribution in [0.15, 0.2) is 48.5 Å². The molecule has 2 rings (SSSR count). The second-order valence-electron chi connectivity index (χ2n) is 5.84. The number of amides is 3. The third-order valence-corrected chi connectivity index (χ3v) is 4.04. The highest BCUT2D eigenvalue weighted by Gasteiger charge is 2.33. The number of hydrogen-bond acceptors (Lipinski definition) is 6. The van der Waals surface area contributed by atoms with Crippen molar-refractivity contribution in [3.8, 4) is 0 Å². The molecule has 28 heavy (non-hydrogen) atoms. The van der Waals surface area contributed by atoms with Crippen LogP contribution in [0.2, 0.25) is 0 Å². The van der Waals surface area contributed by atoms with Gasteiger partial charge in [-0.3, -0.25) is 10.6 Å². The molecule has 0 aromatic heterocycles. The Morgan fingerprint density at radius 1 is 0.786 bits per heavy atom. The Kier molecular flexibility index (Phi) is 6.43. The minimum atomic E-state index is -1.20. The average molecular weight is 387 g/mol. The molecule has 0 saturated heterocycles. The largest absolute Gasteiger partial charge is 0.453 e. The molecule has 0 atom stereocenters. The number of hydrogen-bond donors (Lipinski definition) is 3. The average Bonchev–Trinajstić information content (AvgIpc) is 2.68. The smallest absolute Gasteiger partial charge is 0.411 e. The van der Waals surface area contributed by atoms with Gasteiger partial charge in [0.1, 0.15) is 0 Å². The van der Waals surface area contributed by atoms with E-state index in [1.54, 1.807) is 55.5 Å². The zero-order valence-electron chi connectivity index (χ0n) is 15.6. The first-order chi connectivity index (χ1) is 13.3. The molecule has 0 aliphatic rings. The van der Waals surface area contributed by atoms with E-state index in [0.717, 1.165) is 0 Å². The highest BCUT2D eigenvalue weighted by atomic mass is 16.6. The maximum Gasteiger partial charge on any atom is 0.411 e. The van der Waals surface area contributed by atoms with Crippen molar-refractivity contribution in [3.05, 3.63) is 59.7 Å². The van der Waals surface area contributed by atoms with E-state index in [4.69, 9.17) is 10.5 Å². The van der Waals surface area contributed by atoms with Crippen LogP contribution in [-0.2, 0) is 19.8 Å². The van der Waals surface area contributed by atoms with Gasteiger partial charge in [0.15, 0.2) is 5.60 Å². The van der Waals surface area contributed by atoms with E-state index < -0.39 is 23.9 Å². The zero-order valence-corrected chi connectivity index (χ0v) is 15.6. The van der Waals surface area contributed by atoms with Crippen LogP contribution in [0.5, 0.6) is 0 Å². The number of primary amides is 1. The van der Waals surface area contributed by atoms with E-state index in [1.165, 1.54) is 14.2 Å². The van der Waals surface area contributed by atoms with Crippen LogP contribution in [0.1, 0.15) is 18.1 Å². The van der Waals surface area contributed by atoms with Crippen LogP contribution in [0.25, 0.3) is 0 Å². The van der Waals surface area contributed by atoms with Crippen LogP contribution >= 0.6 is 0 Å². The molecule has 0 heterocycles. The van der Waals surface area contributed by atoms with Gasteiger partial charge in [-0.05, 0) is 42.3 Å². The standard InChI is InChI=1S/C19H21N3O6/c1-19(28-16(20)23,12-4-8-14(9-5-12)21-17(24)26-2)13-6-10-15(11-7-13)22-18(25)27-3/h4-11H,1-3H3,(H2,20,23)(H,21,24)(H,22,25). The van der Waals surface area contributed by atoms with Gasteiger partial charge in [0.25, 0.3) is 0 Å². The molecule has 9 nitrogen and oxygen atoms in total. The number of anilines is 2. The summed E-state index contributed by atoms with van der Waals surface area (Å²) in [6.07, 6.45) is -2.15. The van der Waals surface area contributed by atoms with Crippen molar-refractivity contribution in [2.75, 3.05) is 24.9 Å². The summed E-state index contributed by atoms with van der Waals surface area (Å²) in [5, 5.41) is 5.07. The molecule has 0 bridgehead atoms. The lowest BCUT2D eigenvalue weighted by atomic mass is 9.87. The van der Waals surface area contributed by atoms with Gasteiger partial charge in [0.2, 0.25) is 0 Å². The molecule has 9 heteroatoms. The topological polar surface area (TPSA) is 129 Å². The predicted molar refractivity (Wildman–Crippen MR) is 102 cm³/mol. The van der Waals surface area contributed by atoms with Crippen molar-refractivity contribution in [1.82, 2.24) is 0 Å². The summed E-state index contributed by atoms with van der Waals surface area (Å²) in [4.78, 5) is 34.1. The second-order valence-corrected chi connectivity index (χ2v) is 5.84. The SMILES string of the molecule is COC(=O)Nc1ccc(C(C)(OC(N)=O)c2ccc(NC(=O)OC)cc2)cc1. The molecule has 0 radical (unpaired) electrons. The molecule has 0 saturated carbocycles. The van der Waals surface area contributed by atoms with Crippen LogP contribution in [0.3, 0.4) is 0 Å². The Balaban J connectivity index is 2.34. The summed E-state index contributed by atoms with van der Waals surface area (Å²) >= 11 is 0. The van der Waals surface area contributed by atoms with Gasteiger partial charge in [0.05, 0.1) is 14.2 Å². The summed E-state index contributed by atoms with van der Waals surface area (Å²) in [7, 11) is 2.53. The molecule has 0 fully saturated rings. The quantitative estimate of drug-likeness (QED) is 0.674. The Morgan fingerprint density at radius 2 is 1.14 bits per heavy atom. The lowest BCUT2D eigenvalue weighted by molar-refractivity contribution is 0.0596. The number of carbonyl (C=O) groups is 3. The van der Waals surface area contributed by atoms with Crippen molar-refractivity contribution in [2.24, 2.45) is 5.73 Å². The molecule has 2 aromatic rings. The van der Waals surface area contributed by atoms with Gasteiger partial charge in [0, 0.05) is 11.4 Å². The fourth-order valence-corrected chi connectivity index (χ4v) is 2.57. The molecule has 4 N–H and O–H groups in total. The third kappa shape index (κ3) is 4.91.